The Morgan fingerprint density at radius 2 is 2.04 bits per heavy atom. The van der Waals surface area contributed by atoms with Crippen molar-refractivity contribution in [3.63, 3.8) is 0 Å². The standard InChI is InChI=1S/C20H16FNO3/c1-12-16-11-14(21)7-8-17(16)25-20(12)19(24)13-4-2-5-15(10-13)22-9-3-6-18(22)23/h2,4-5,7-8,10-11H,3,6,9H2,1H3. The molecule has 0 aliphatic carbocycles. The molecule has 0 unspecified atom stereocenters. The van der Waals surface area contributed by atoms with Gasteiger partial charge in [0, 0.05) is 35.2 Å². The molecular formula is C20H16FNO3. The van der Waals surface area contributed by atoms with E-state index in [1.165, 1.54) is 18.2 Å². The number of amides is 1. The van der Waals surface area contributed by atoms with Crippen molar-refractivity contribution < 1.29 is 18.4 Å². The van der Waals surface area contributed by atoms with E-state index in [1.54, 1.807) is 30.0 Å². The van der Waals surface area contributed by atoms with Gasteiger partial charge in [-0.05, 0) is 43.7 Å². The number of rotatable bonds is 3. The molecular weight excluding hydrogens is 321 g/mol. The summed E-state index contributed by atoms with van der Waals surface area (Å²) in [6.07, 6.45) is 1.36. The van der Waals surface area contributed by atoms with Gasteiger partial charge in [-0.15, -0.1) is 0 Å². The topological polar surface area (TPSA) is 50.5 Å². The van der Waals surface area contributed by atoms with E-state index in [4.69, 9.17) is 4.42 Å². The van der Waals surface area contributed by atoms with Gasteiger partial charge >= 0.3 is 0 Å². The fourth-order valence-electron chi connectivity index (χ4n) is 3.28. The van der Waals surface area contributed by atoms with E-state index in [0.717, 1.165) is 6.42 Å². The Bertz CT molecular complexity index is 1010. The maximum Gasteiger partial charge on any atom is 0.228 e. The van der Waals surface area contributed by atoms with E-state index in [0.29, 0.717) is 40.7 Å². The molecule has 2 heterocycles. The van der Waals surface area contributed by atoms with Crippen LogP contribution in [0.4, 0.5) is 10.1 Å². The summed E-state index contributed by atoms with van der Waals surface area (Å²) in [4.78, 5) is 26.5. The van der Waals surface area contributed by atoms with Gasteiger partial charge in [-0.1, -0.05) is 12.1 Å². The molecule has 0 atom stereocenters. The van der Waals surface area contributed by atoms with E-state index in [-0.39, 0.29) is 23.3 Å². The predicted octanol–water partition coefficient (Wildman–Crippen LogP) is 4.24. The second kappa shape index (κ2) is 5.84. The monoisotopic (exact) mass is 337 g/mol. The van der Waals surface area contributed by atoms with Crippen molar-refractivity contribution in [2.24, 2.45) is 0 Å². The summed E-state index contributed by atoms with van der Waals surface area (Å²) < 4.78 is 19.1. The van der Waals surface area contributed by atoms with Crippen molar-refractivity contribution in [1.29, 1.82) is 0 Å². The van der Waals surface area contributed by atoms with Crippen LogP contribution in [0, 0.1) is 12.7 Å². The lowest BCUT2D eigenvalue weighted by Gasteiger charge is -2.16. The van der Waals surface area contributed by atoms with E-state index >= 15 is 0 Å². The SMILES string of the molecule is Cc1c(C(=O)c2cccc(N3CCCC3=O)c2)oc2ccc(F)cc12. The Balaban J connectivity index is 1.74. The smallest absolute Gasteiger partial charge is 0.228 e. The van der Waals surface area contributed by atoms with Gasteiger partial charge in [-0.3, -0.25) is 9.59 Å². The predicted molar refractivity (Wildman–Crippen MR) is 92.4 cm³/mol. The molecule has 0 N–H and O–H groups in total. The number of nitrogens with zero attached hydrogens (tertiary/aromatic N) is 1. The molecule has 1 aromatic heterocycles. The molecule has 1 aliphatic heterocycles. The highest BCUT2D eigenvalue weighted by Crippen LogP contribution is 2.29. The van der Waals surface area contributed by atoms with E-state index < -0.39 is 0 Å². The minimum absolute atomic E-state index is 0.0694. The third-order valence-corrected chi connectivity index (χ3v) is 4.60. The van der Waals surface area contributed by atoms with Crippen LogP contribution in [0.1, 0.15) is 34.5 Å². The van der Waals surface area contributed by atoms with Gasteiger partial charge in [-0.25, -0.2) is 4.39 Å². The largest absolute Gasteiger partial charge is 0.452 e. The number of benzene rings is 2. The average molecular weight is 337 g/mol. The number of furan rings is 1. The number of carbonyl (C=O) groups excluding carboxylic acids is 2. The molecule has 3 aromatic rings. The van der Waals surface area contributed by atoms with Crippen LogP contribution in [0.3, 0.4) is 0 Å². The maximum absolute atomic E-state index is 13.4. The van der Waals surface area contributed by atoms with E-state index in [1.807, 2.05) is 6.07 Å². The average Bonchev–Trinajstić information content (AvgIpc) is 3.18. The first-order valence-electron chi connectivity index (χ1n) is 8.18. The van der Waals surface area contributed by atoms with E-state index in [2.05, 4.69) is 0 Å². The van der Waals surface area contributed by atoms with Crippen molar-refractivity contribution in [2.75, 3.05) is 11.4 Å². The highest BCUT2D eigenvalue weighted by Gasteiger charge is 2.24. The molecule has 0 spiro atoms. The fourth-order valence-corrected chi connectivity index (χ4v) is 3.28. The molecule has 1 fully saturated rings. The van der Waals surface area contributed by atoms with E-state index in [9.17, 15) is 14.0 Å². The number of halogens is 1. The number of aryl methyl sites for hydroxylation is 1. The van der Waals surface area contributed by atoms with Crippen LogP contribution < -0.4 is 4.90 Å². The second-order valence-electron chi connectivity index (χ2n) is 6.23. The summed E-state index contributed by atoms with van der Waals surface area (Å²) >= 11 is 0. The van der Waals surface area contributed by atoms with Crippen LogP contribution in [0.2, 0.25) is 0 Å². The zero-order chi connectivity index (χ0) is 17.6. The molecule has 5 heteroatoms. The molecule has 126 valence electrons. The van der Waals surface area contributed by atoms with Crippen molar-refractivity contribution in [1.82, 2.24) is 0 Å². The van der Waals surface area contributed by atoms with Gasteiger partial charge in [0.25, 0.3) is 0 Å². The normalized spacial score (nSPS) is 14.5. The Labute approximate surface area is 143 Å². The number of anilines is 1. The van der Waals surface area contributed by atoms with Gasteiger partial charge in [0.1, 0.15) is 11.4 Å². The van der Waals surface area contributed by atoms with Gasteiger partial charge in [-0.2, -0.15) is 0 Å². The molecule has 0 radical (unpaired) electrons. The van der Waals surface area contributed by atoms with Gasteiger partial charge in [0.05, 0.1) is 0 Å². The van der Waals surface area contributed by atoms with Crippen molar-refractivity contribution in [3.05, 3.63) is 65.2 Å². The van der Waals surface area contributed by atoms with Gasteiger partial charge in [0.15, 0.2) is 5.76 Å². The third-order valence-electron chi connectivity index (χ3n) is 4.60. The lowest BCUT2D eigenvalue weighted by molar-refractivity contribution is -0.117. The summed E-state index contributed by atoms with van der Waals surface area (Å²) in [6.45, 7) is 2.41. The highest BCUT2D eigenvalue weighted by atomic mass is 19.1. The number of hydrogen-bond donors (Lipinski definition) is 0. The zero-order valence-corrected chi connectivity index (χ0v) is 13.7. The minimum Gasteiger partial charge on any atom is -0.452 e. The second-order valence-corrected chi connectivity index (χ2v) is 6.23. The fraction of sp³-hybridized carbons (Fsp3) is 0.200. The first kappa shape index (κ1) is 15.6. The minimum atomic E-state index is -0.370. The molecule has 0 bridgehead atoms. The molecule has 1 saturated heterocycles. The van der Waals surface area contributed by atoms with Crippen molar-refractivity contribution in [2.45, 2.75) is 19.8 Å². The summed E-state index contributed by atoms with van der Waals surface area (Å²) in [7, 11) is 0. The van der Waals surface area contributed by atoms with Crippen LogP contribution in [-0.2, 0) is 4.79 Å². The van der Waals surface area contributed by atoms with Crippen LogP contribution in [0.25, 0.3) is 11.0 Å². The van der Waals surface area contributed by atoms with Gasteiger partial charge in [0.2, 0.25) is 11.7 Å². The summed E-state index contributed by atoms with van der Waals surface area (Å²) in [5.41, 5.74) is 2.25. The Kier molecular flexibility index (Phi) is 3.64. The molecule has 4 nitrogen and oxygen atoms in total. The Morgan fingerprint density at radius 3 is 2.80 bits per heavy atom. The number of fused-ring (bicyclic) bond motifs is 1. The van der Waals surface area contributed by atoms with Crippen LogP contribution >= 0.6 is 0 Å². The van der Waals surface area contributed by atoms with Crippen LogP contribution in [-0.4, -0.2) is 18.2 Å². The van der Waals surface area contributed by atoms with Crippen molar-refractivity contribution in [3.8, 4) is 0 Å². The summed E-state index contributed by atoms with van der Waals surface area (Å²) in [5, 5.41) is 0.592. The quantitative estimate of drug-likeness (QED) is 0.672. The third kappa shape index (κ3) is 2.61. The number of ketones is 1. The summed E-state index contributed by atoms with van der Waals surface area (Å²) in [5.74, 6) is -0.377. The molecule has 2 aromatic carbocycles. The molecule has 4 rings (SSSR count). The Morgan fingerprint density at radius 1 is 1.20 bits per heavy atom. The van der Waals surface area contributed by atoms with Crippen LogP contribution in [0.5, 0.6) is 0 Å². The lowest BCUT2D eigenvalue weighted by Crippen LogP contribution is -2.23. The maximum atomic E-state index is 13.4. The summed E-state index contributed by atoms with van der Waals surface area (Å²) in [6, 6.07) is 11.2. The Hall–Kier alpha value is -2.95. The molecule has 1 aliphatic rings. The molecule has 25 heavy (non-hydrogen) atoms. The van der Waals surface area contributed by atoms with Gasteiger partial charge < -0.3 is 9.32 Å². The van der Waals surface area contributed by atoms with Crippen molar-refractivity contribution >= 4 is 28.3 Å². The number of carbonyl (C=O) groups is 2. The first-order valence-corrected chi connectivity index (χ1v) is 8.18. The lowest BCUT2D eigenvalue weighted by atomic mass is 10.0. The van der Waals surface area contributed by atoms with Crippen LogP contribution in [0.15, 0.2) is 46.9 Å². The number of hydrogen-bond acceptors (Lipinski definition) is 3. The molecule has 1 amide bonds. The highest BCUT2D eigenvalue weighted by molar-refractivity contribution is 6.11. The molecule has 0 saturated carbocycles. The first-order chi connectivity index (χ1) is 12.0. The zero-order valence-electron chi connectivity index (χ0n) is 13.7.